The lowest BCUT2D eigenvalue weighted by Crippen LogP contribution is -2.43. The number of carbonyl (C=O) groups excluding carboxylic acids is 1. The second-order valence-corrected chi connectivity index (χ2v) is 6.50. The van der Waals surface area contributed by atoms with Crippen molar-refractivity contribution in [2.24, 2.45) is 5.73 Å². The lowest BCUT2D eigenvalue weighted by Gasteiger charge is -2.30. The highest BCUT2D eigenvalue weighted by Gasteiger charge is 2.35. The molecule has 0 saturated heterocycles. The number of benzene rings is 1. The standard InChI is InChI=1S/C17H24N2O/c1-19(16(20)12-17(18)10-4-5-11-17)15-9-8-13-6-2-3-7-14(13)15/h2-3,6-7,15H,4-5,8-12,18H2,1H3. The van der Waals surface area contributed by atoms with E-state index in [9.17, 15) is 4.79 Å². The van der Waals surface area contributed by atoms with Gasteiger partial charge in [0.05, 0.1) is 6.04 Å². The lowest BCUT2D eigenvalue weighted by molar-refractivity contribution is -0.133. The zero-order valence-electron chi connectivity index (χ0n) is 12.3. The van der Waals surface area contributed by atoms with Crippen molar-refractivity contribution in [3.63, 3.8) is 0 Å². The molecule has 1 fully saturated rings. The van der Waals surface area contributed by atoms with E-state index in [1.807, 2.05) is 11.9 Å². The van der Waals surface area contributed by atoms with E-state index in [4.69, 9.17) is 5.73 Å². The monoisotopic (exact) mass is 272 g/mol. The zero-order valence-corrected chi connectivity index (χ0v) is 12.3. The number of amides is 1. The van der Waals surface area contributed by atoms with Gasteiger partial charge in [0.2, 0.25) is 5.91 Å². The number of hydrogen-bond donors (Lipinski definition) is 1. The van der Waals surface area contributed by atoms with E-state index in [0.29, 0.717) is 6.42 Å². The topological polar surface area (TPSA) is 46.3 Å². The van der Waals surface area contributed by atoms with Gasteiger partial charge >= 0.3 is 0 Å². The molecule has 2 aliphatic rings. The molecule has 1 saturated carbocycles. The first-order valence-electron chi connectivity index (χ1n) is 7.71. The van der Waals surface area contributed by atoms with Crippen LogP contribution in [0, 0.1) is 0 Å². The van der Waals surface area contributed by atoms with Crippen LogP contribution in [0.4, 0.5) is 0 Å². The summed E-state index contributed by atoms with van der Waals surface area (Å²) in [6.07, 6.45) is 6.94. The van der Waals surface area contributed by atoms with E-state index in [0.717, 1.165) is 25.7 Å². The van der Waals surface area contributed by atoms with Gasteiger partial charge in [0.1, 0.15) is 0 Å². The van der Waals surface area contributed by atoms with Crippen LogP contribution < -0.4 is 5.73 Å². The number of nitrogens with two attached hydrogens (primary N) is 1. The number of nitrogens with zero attached hydrogens (tertiary/aromatic N) is 1. The maximum absolute atomic E-state index is 12.5. The van der Waals surface area contributed by atoms with Gasteiger partial charge in [-0.05, 0) is 36.8 Å². The van der Waals surface area contributed by atoms with Crippen molar-refractivity contribution in [3.05, 3.63) is 35.4 Å². The molecule has 3 nitrogen and oxygen atoms in total. The van der Waals surface area contributed by atoms with E-state index in [-0.39, 0.29) is 17.5 Å². The predicted molar refractivity (Wildman–Crippen MR) is 80.3 cm³/mol. The Hall–Kier alpha value is -1.35. The van der Waals surface area contributed by atoms with Gasteiger partial charge in [-0.1, -0.05) is 37.1 Å². The number of fused-ring (bicyclic) bond motifs is 1. The van der Waals surface area contributed by atoms with Crippen molar-refractivity contribution in [1.82, 2.24) is 4.90 Å². The molecule has 2 N–H and O–H groups in total. The highest BCUT2D eigenvalue weighted by molar-refractivity contribution is 5.78. The summed E-state index contributed by atoms with van der Waals surface area (Å²) in [5.74, 6) is 0.205. The highest BCUT2D eigenvalue weighted by Crippen LogP contribution is 2.36. The average Bonchev–Trinajstić information content (AvgIpc) is 3.04. The molecule has 1 amide bonds. The summed E-state index contributed by atoms with van der Waals surface area (Å²) in [5, 5.41) is 0. The molecular weight excluding hydrogens is 248 g/mol. The molecule has 0 radical (unpaired) electrons. The number of carbonyl (C=O) groups is 1. The quantitative estimate of drug-likeness (QED) is 0.919. The molecule has 1 unspecified atom stereocenters. The van der Waals surface area contributed by atoms with Crippen LogP contribution in [0.25, 0.3) is 0 Å². The Bertz CT molecular complexity index is 505. The predicted octanol–water partition coefficient (Wildman–Crippen LogP) is 2.79. The lowest BCUT2D eigenvalue weighted by atomic mass is 9.93. The summed E-state index contributed by atoms with van der Waals surface area (Å²) in [5.41, 5.74) is 8.81. The second kappa shape index (κ2) is 5.21. The fourth-order valence-corrected chi connectivity index (χ4v) is 3.79. The van der Waals surface area contributed by atoms with Crippen LogP contribution in [0.5, 0.6) is 0 Å². The molecule has 1 aromatic carbocycles. The molecule has 3 rings (SSSR count). The van der Waals surface area contributed by atoms with Crippen LogP contribution >= 0.6 is 0 Å². The summed E-state index contributed by atoms with van der Waals surface area (Å²) < 4.78 is 0. The number of aryl methyl sites for hydroxylation is 1. The average molecular weight is 272 g/mol. The SMILES string of the molecule is CN(C(=O)CC1(N)CCCC1)C1CCc2ccccc21. The summed E-state index contributed by atoms with van der Waals surface area (Å²) in [6.45, 7) is 0. The second-order valence-electron chi connectivity index (χ2n) is 6.50. The van der Waals surface area contributed by atoms with E-state index >= 15 is 0 Å². The van der Waals surface area contributed by atoms with E-state index < -0.39 is 0 Å². The Balaban J connectivity index is 1.70. The van der Waals surface area contributed by atoms with Gasteiger partial charge in [0, 0.05) is 19.0 Å². The van der Waals surface area contributed by atoms with Crippen LogP contribution in [0.1, 0.15) is 55.7 Å². The van der Waals surface area contributed by atoms with Crippen molar-refractivity contribution < 1.29 is 4.79 Å². The fraction of sp³-hybridized carbons (Fsp3) is 0.588. The van der Waals surface area contributed by atoms with Gasteiger partial charge in [-0.15, -0.1) is 0 Å². The van der Waals surface area contributed by atoms with Gasteiger partial charge in [0.15, 0.2) is 0 Å². The van der Waals surface area contributed by atoms with Gasteiger partial charge in [-0.25, -0.2) is 0 Å². The first-order chi connectivity index (χ1) is 9.59. The van der Waals surface area contributed by atoms with Crippen molar-refractivity contribution >= 4 is 5.91 Å². The summed E-state index contributed by atoms with van der Waals surface area (Å²) in [6, 6.07) is 8.72. The van der Waals surface area contributed by atoms with Crippen molar-refractivity contribution in [3.8, 4) is 0 Å². The normalized spacial score (nSPS) is 23.6. The van der Waals surface area contributed by atoms with Crippen LogP contribution in [0.3, 0.4) is 0 Å². The van der Waals surface area contributed by atoms with Crippen LogP contribution in [0.15, 0.2) is 24.3 Å². The number of hydrogen-bond acceptors (Lipinski definition) is 2. The molecule has 1 aromatic rings. The molecule has 3 heteroatoms. The molecule has 20 heavy (non-hydrogen) atoms. The number of rotatable bonds is 3. The van der Waals surface area contributed by atoms with Crippen LogP contribution in [-0.2, 0) is 11.2 Å². The first-order valence-corrected chi connectivity index (χ1v) is 7.71. The summed E-state index contributed by atoms with van der Waals surface area (Å²) >= 11 is 0. The van der Waals surface area contributed by atoms with E-state index in [1.54, 1.807) is 0 Å². The maximum Gasteiger partial charge on any atom is 0.224 e. The zero-order chi connectivity index (χ0) is 14.2. The Morgan fingerprint density at radius 2 is 2.05 bits per heavy atom. The minimum atomic E-state index is -0.247. The van der Waals surface area contributed by atoms with Gasteiger partial charge < -0.3 is 10.6 Å². The van der Waals surface area contributed by atoms with Gasteiger partial charge in [-0.2, -0.15) is 0 Å². The first kappa shape index (κ1) is 13.6. The largest absolute Gasteiger partial charge is 0.339 e. The van der Waals surface area contributed by atoms with E-state index in [2.05, 4.69) is 24.3 Å². The van der Waals surface area contributed by atoms with Gasteiger partial charge in [-0.3, -0.25) is 4.79 Å². The Morgan fingerprint density at radius 3 is 2.80 bits per heavy atom. The van der Waals surface area contributed by atoms with E-state index in [1.165, 1.54) is 24.0 Å². The Kier molecular flexibility index (Phi) is 3.55. The Labute approximate surface area is 121 Å². The molecule has 1 atom stereocenters. The van der Waals surface area contributed by atoms with Crippen molar-refractivity contribution in [2.75, 3.05) is 7.05 Å². The third kappa shape index (κ3) is 2.47. The molecule has 0 heterocycles. The maximum atomic E-state index is 12.5. The molecule has 0 aromatic heterocycles. The molecule has 0 bridgehead atoms. The molecule has 108 valence electrons. The Morgan fingerprint density at radius 1 is 1.35 bits per heavy atom. The molecule has 0 spiro atoms. The molecule has 0 aliphatic heterocycles. The third-order valence-corrected chi connectivity index (χ3v) is 5.06. The van der Waals surface area contributed by atoms with Crippen molar-refractivity contribution in [1.29, 1.82) is 0 Å². The smallest absolute Gasteiger partial charge is 0.224 e. The molecular formula is C17H24N2O. The third-order valence-electron chi connectivity index (χ3n) is 5.06. The van der Waals surface area contributed by atoms with Crippen LogP contribution in [0.2, 0.25) is 0 Å². The fourth-order valence-electron chi connectivity index (χ4n) is 3.79. The van der Waals surface area contributed by atoms with Crippen LogP contribution in [-0.4, -0.2) is 23.4 Å². The summed E-state index contributed by atoms with van der Waals surface area (Å²) in [7, 11) is 1.94. The highest BCUT2D eigenvalue weighted by atomic mass is 16.2. The minimum Gasteiger partial charge on any atom is -0.339 e. The van der Waals surface area contributed by atoms with Crippen molar-refractivity contribution in [2.45, 2.75) is 56.5 Å². The summed E-state index contributed by atoms with van der Waals surface area (Å²) in [4.78, 5) is 14.5. The molecule has 2 aliphatic carbocycles. The van der Waals surface area contributed by atoms with Gasteiger partial charge in [0.25, 0.3) is 0 Å². The minimum absolute atomic E-state index is 0.205.